The molecule has 134 valence electrons. The van der Waals surface area contributed by atoms with E-state index in [4.69, 9.17) is 4.74 Å². The van der Waals surface area contributed by atoms with Gasteiger partial charge in [-0.2, -0.15) is 0 Å². The summed E-state index contributed by atoms with van der Waals surface area (Å²) in [5.74, 6) is 0.861. The molecule has 1 fully saturated rings. The lowest BCUT2D eigenvalue weighted by Crippen LogP contribution is -2.38. The Kier molecular flexibility index (Phi) is 5.29. The second kappa shape index (κ2) is 7.45. The lowest BCUT2D eigenvalue weighted by Gasteiger charge is -2.06. The molecule has 1 aliphatic rings. The van der Waals surface area contributed by atoms with Gasteiger partial charge in [0.2, 0.25) is 5.91 Å². The number of fused-ring (bicyclic) bond motifs is 1. The van der Waals surface area contributed by atoms with Crippen molar-refractivity contribution in [2.75, 3.05) is 26.8 Å². The van der Waals surface area contributed by atoms with E-state index < -0.39 is 0 Å². The van der Waals surface area contributed by atoms with Crippen molar-refractivity contribution in [1.82, 2.24) is 20.6 Å². The number of thiophene rings is 1. The van der Waals surface area contributed by atoms with Gasteiger partial charge in [0.15, 0.2) is 0 Å². The molecule has 0 saturated heterocycles. The van der Waals surface area contributed by atoms with Crippen LogP contribution in [0, 0.1) is 13.8 Å². The molecule has 0 unspecified atom stereocenters. The Bertz CT molecular complexity index is 814. The first kappa shape index (κ1) is 17.8. The maximum absolute atomic E-state index is 12.5. The first-order chi connectivity index (χ1) is 12.0. The third-order valence-corrected chi connectivity index (χ3v) is 5.36. The number of amides is 2. The van der Waals surface area contributed by atoms with Gasteiger partial charge >= 0.3 is 0 Å². The van der Waals surface area contributed by atoms with Crippen LogP contribution in [0.3, 0.4) is 0 Å². The molecule has 0 bridgehead atoms. The van der Waals surface area contributed by atoms with E-state index in [-0.39, 0.29) is 18.4 Å². The number of carbonyl (C=O) groups is 2. The number of nitrogens with zero attached hydrogens (tertiary/aromatic N) is 2. The molecule has 2 amide bonds. The molecule has 7 nitrogen and oxygen atoms in total. The molecule has 1 aliphatic carbocycles. The monoisotopic (exact) mass is 362 g/mol. The minimum Gasteiger partial charge on any atom is -0.383 e. The smallest absolute Gasteiger partial charge is 0.262 e. The standard InChI is InChI=1S/C17H22N4O3S/c1-9-13-10(2)20-15(11-4-5-11)21-17(13)25-14(9)16(23)19-8-12(22)18-6-7-24-3/h11H,4-8H2,1-3H3,(H,18,22)(H,19,23). The van der Waals surface area contributed by atoms with E-state index >= 15 is 0 Å². The molecule has 2 N–H and O–H groups in total. The summed E-state index contributed by atoms with van der Waals surface area (Å²) in [7, 11) is 1.57. The maximum Gasteiger partial charge on any atom is 0.262 e. The summed E-state index contributed by atoms with van der Waals surface area (Å²) in [6.07, 6.45) is 2.28. The van der Waals surface area contributed by atoms with Crippen LogP contribution in [0.15, 0.2) is 0 Å². The molecule has 0 aliphatic heterocycles. The highest BCUT2D eigenvalue weighted by Crippen LogP contribution is 2.40. The molecule has 25 heavy (non-hydrogen) atoms. The lowest BCUT2D eigenvalue weighted by atomic mass is 10.1. The average molecular weight is 362 g/mol. The molecule has 0 radical (unpaired) electrons. The number of hydrogen-bond acceptors (Lipinski definition) is 6. The molecular weight excluding hydrogens is 340 g/mol. The van der Waals surface area contributed by atoms with Crippen LogP contribution in [-0.2, 0) is 9.53 Å². The van der Waals surface area contributed by atoms with Crippen molar-refractivity contribution in [3.63, 3.8) is 0 Å². The van der Waals surface area contributed by atoms with E-state index in [1.165, 1.54) is 11.3 Å². The number of aromatic nitrogens is 2. The summed E-state index contributed by atoms with van der Waals surface area (Å²) in [5.41, 5.74) is 1.79. The highest BCUT2D eigenvalue weighted by molar-refractivity contribution is 7.20. The molecule has 0 aromatic carbocycles. The van der Waals surface area contributed by atoms with Crippen LogP contribution in [0.25, 0.3) is 10.2 Å². The van der Waals surface area contributed by atoms with E-state index in [2.05, 4.69) is 20.6 Å². The predicted molar refractivity (Wildman–Crippen MR) is 96.1 cm³/mol. The molecule has 8 heteroatoms. The first-order valence-corrected chi connectivity index (χ1v) is 9.14. The average Bonchev–Trinajstić information content (AvgIpc) is 3.37. The minimum absolute atomic E-state index is 0.0613. The Labute approximate surface area is 150 Å². The van der Waals surface area contributed by atoms with E-state index in [1.54, 1.807) is 7.11 Å². The number of aryl methyl sites for hydroxylation is 2. The van der Waals surface area contributed by atoms with Crippen molar-refractivity contribution in [2.24, 2.45) is 0 Å². The van der Waals surface area contributed by atoms with Gasteiger partial charge in [-0.25, -0.2) is 9.97 Å². The van der Waals surface area contributed by atoms with E-state index in [1.807, 2.05) is 13.8 Å². The molecular formula is C17H22N4O3S. The zero-order valence-electron chi connectivity index (χ0n) is 14.6. The normalized spacial score (nSPS) is 13.9. The summed E-state index contributed by atoms with van der Waals surface area (Å²) in [6, 6.07) is 0. The molecule has 3 rings (SSSR count). The quantitative estimate of drug-likeness (QED) is 0.731. The summed E-state index contributed by atoms with van der Waals surface area (Å²) >= 11 is 1.36. The highest BCUT2D eigenvalue weighted by atomic mass is 32.1. The Morgan fingerprint density at radius 2 is 2.00 bits per heavy atom. The van der Waals surface area contributed by atoms with Gasteiger partial charge in [0, 0.05) is 25.0 Å². The topological polar surface area (TPSA) is 93.2 Å². The van der Waals surface area contributed by atoms with Crippen LogP contribution in [-0.4, -0.2) is 48.6 Å². The van der Waals surface area contributed by atoms with Crippen LogP contribution < -0.4 is 10.6 Å². The molecule has 2 aromatic rings. The first-order valence-electron chi connectivity index (χ1n) is 8.32. The fraction of sp³-hybridized carbons (Fsp3) is 0.529. The lowest BCUT2D eigenvalue weighted by molar-refractivity contribution is -0.120. The Hall–Kier alpha value is -2.06. The van der Waals surface area contributed by atoms with Crippen molar-refractivity contribution in [3.05, 3.63) is 22.0 Å². The molecule has 2 heterocycles. The van der Waals surface area contributed by atoms with Crippen molar-refractivity contribution in [3.8, 4) is 0 Å². The summed E-state index contributed by atoms with van der Waals surface area (Å²) < 4.78 is 4.87. The summed E-state index contributed by atoms with van der Waals surface area (Å²) in [6.45, 7) is 4.66. The molecule has 1 saturated carbocycles. The fourth-order valence-corrected chi connectivity index (χ4v) is 3.85. The number of hydrogen-bond donors (Lipinski definition) is 2. The van der Waals surface area contributed by atoms with Gasteiger partial charge in [0.1, 0.15) is 10.7 Å². The summed E-state index contributed by atoms with van der Waals surface area (Å²) in [4.78, 5) is 34.8. The van der Waals surface area contributed by atoms with E-state index in [9.17, 15) is 9.59 Å². The predicted octanol–water partition coefficient (Wildman–Crippen LogP) is 1.68. The number of ether oxygens (including phenoxy) is 1. The van der Waals surface area contributed by atoms with Crippen LogP contribution in [0.4, 0.5) is 0 Å². The van der Waals surface area contributed by atoms with Crippen molar-refractivity contribution >= 4 is 33.4 Å². The third-order valence-electron chi connectivity index (χ3n) is 4.17. The van der Waals surface area contributed by atoms with Gasteiger partial charge in [-0.15, -0.1) is 11.3 Å². The van der Waals surface area contributed by atoms with Crippen LogP contribution in [0.2, 0.25) is 0 Å². The largest absolute Gasteiger partial charge is 0.383 e. The molecule has 0 spiro atoms. The number of methoxy groups -OCH3 is 1. The van der Waals surface area contributed by atoms with Gasteiger partial charge in [0.05, 0.1) is 23.7 Å². The zero-order valence-corrected chi connectivity index (χ0v) is 15.5. The van der Waals surface area contributed by atoms with Crippen LogP contribution in [0.1, 0.15) is 45.5 Å². The Balaban J connectivity index is 1.72. The maximum atomic E-state index is 12.5. The molecule has 2 aromatic heterocycles. The minimum atomic E-state index is -0.255. The third kappa shape index (κ3) is 3.96. The van der Waals surface area contributed by atoms with Gasteiger partial charge in [-0.3, -0.25) is 9.59 Å². The number of rotatable bonds is 7. The van der Waals surface area contributed by atoms with E-state index in [0.29, 0.717) is 23.9 Å². The second-order valence-corrected chi connectivity index (χ2v) is 7.20. The van der Waals surface area contributed by atoms with Crippen LogP contribution in [0.5, 0.6) is 0 Å². The second-order valence-electron chi connectivity index (χ2n) is 6.20. The Morgan fingerprint density at radius 1 is 1.24 bits per heavy atom. The number of nitrogens with one attached hydrogen (secondary N) is 2. The van der Waals surface area contributed by atoms with Gasteiger partial charge in [-0.1, -0.05) is 0 Å². The van der Waals surface area contributed by atoms with Gasteiger partial charge < -0.3 is 15.4 Å². The van der Waals surface area contributed by atoms with Crippen molar-refractivity contribution < 1.29 is 14.3 Å². The van der Waals surface area contributed by atoms with E-state index in [0.717, 1.165) is 40.1 Å². The summed E-state index contributed by atoms with van der Waals surface area (Å²) in [5, 5.41) is 6.29. The van der Waals surface area contributed by atoms with Gasteiger partial charge in [0.25, 0.3) is 5.91 Å². The SMILES string of the molecule is COCCNC(=O)CNC(=O)c1sc2nc(C3CC3)nc(C)c2c1C. The van der Waals surface area contributed by atoms with Crippen LogP contribution >= 0.6 is 11.3 Å². The van der Waals surface area contributed by atoms with Crippen molar-refractivity contribution in [2.45, 2.75) is 32.6 Å². The zero-order chi connectivity index (χ0) is 18.0. The fourth-order valence-electron chi connectivity index (χ4n) is 2.70. The van der Waals surface area contributed by atoms with Gasteiger partial charge in [-0.05, 0) is 32.3 Å². The Morgan fingerprint density at radius 3 is 2.68 bits per heavy atom. The van der Waals surface area contributed by atoms with Crippen molar-refractivity contribution in [1.29, 1.82) is 0 Å². The number of carbonyl (C=O) groups excluding carboxylic acids is 2. The molecule has 0 atom stereocenters. The highest BCUT2D eigenvalue weighted by Gasteiger charge is 2.28.